The molecule has 0 unspecified atom stereocenters. The van der Waals surface area contributed by atoms with Crippen molar-refractivity contribution in [2.75, 3.05) is 11.5 Å². The fourth-order valence-electron chi connectivity index (χ4n) is 5.45. The van der Waals surface area contributed by atoms with Crippen LogP contribution < -0.4 is 4.90 Å². The minimum atomic E-state index is -4.74. The van der Waals surface area contributed by atoms with Gasteiger partial charge in [0.1, 0.15) is 11.8 Å². The van der Waals surface area contributed by atoms with Crippen molar-refractivity contribution in [1.29, 1.82) is 5.26 Å². The van der Waals surface area contributed by atoms with E-state index in [1.165, 1.54) is 17.0 Å². The van der Waals surface area contributed by atoms with E-state index >= 15 is 0 Å². The van der Waals surface area contributed by atoms with Gasteiger partial charge < -0.3 is 9.47 Å². The molecule has 0 aromatic heterocycles. The van der Waals surface area contributed by atoms with Crippen LogP contribution in [0, 0.1) is 23.2 Å². The first-order chi connectivity index (χ1) is 13.1. The van der Waals surface area contributed by atoms with Crippen LogP contribution in [0.3, 0.4) is 0 Å². The number of nitrogens with zero attached hydrogens (tertiary/aromatic N) is 2. The summed E-state index contributed by atoms with van der Waals surface area (Å²) in [5.41, 5.74) is -3.70. The van der Waals surface area contributed by atoms with Gasteiger partial charge in [0.2, 0.25) is 5.91 Å². The molecule has 1 aromatic carbocycles. The van der Waals surface area contributed by atoms with Crippen LogP contribution in [0.4, 0.5) is 18.9 Å². The molecule has 5 atom stereocenters. The Balaban J connectivity index is 1.63. The lowest BCUT2D eigenvalue weighted by atomic mass is 9.65. The third-order valence-electron chi connectivity index (χ3n) is 6.49. The highest BCUT2D eigenvalue weighted by molar-refractivity contribution is 6.04. The number of anilines is 1. The molecule has 146 valence electrons. The van der Waals surface area contributed by atoms with Gasteiger partial charge in [-0.25, -0.2) is 0 Å². The zero-order valence-electron chi connectivity index (χ0n) is 14.7. The van der Waals surface area contributed by atoms with E-state index < -0.39 is 52.5 Å². The van der Waals surface area contributed by atoms with E-state index in [-0.39, 0.29) is 24.5 Å². The predicted octanol–water partition coefficient (Wildman–Crippen LogP) is 2.40. The van der Waals surface area contributed by atoms with E-state index in [2.05, 4.69) is 0 Å². The molecule has 0 radical (unpaired) electrons. The van der Waals surface area contributed by atoms with Gasteiger partial charge in [0.05, 0.1) is 41.2 Å². The van der Waals surface area contributed by atoms with Crippen molar-refractivity contribution in [3.8, 4) is 6.07 Å². The Morgan fingerprint density at radius 2 is 2.07 bits per heavy atom. The van der Waals surface area contributed by atoms with Crippen LogP contribution >= 0.6 is 0 Å². The molecule has 4 heterocycles. The SMILES string of the molecule is C[C@@]12CC(=O)[C@]3(CCO[C@H]4[C@@H]3[C@@H]1C(=O)N4c1ccc(C#N)c(C(F)(F)F)c1)O2. The summed E-state index contributed by atoms with van der Waals surface area (Å²) in [6, 6.07) is 4.69. The number of nitriles is 1. The molecule has 0 saturated carbocycles. The fourth-order valence-corrected chi connectivity index (χ4v) is 5.45. The standard InChI is InChI=1S/C19H15F3N2O4/c1-17-7-12(25)18(28-17)4-5-27-16-14(18)13(17)15(26)24(16)10-3-2-9(8-23)11(6-10)19(20,21)22/h2-3,6,13-14,16H,4-5,7H2,1H3/t13-,14+,16+,17-,18+/m1/s1. The van der Waals surface area contributed by atoms with Gasteiger partial charge in [-0.15, -0.1) is 0 Å². The first-order valence-electron chi connectivity index (χ1n) is 8.92. The van der Waals surface area contributed by atoms with Crippen molar-refractivity contribution in [1.82, 2.24) is 0 Å². The first kappa shape index (κ1) is 17.6. The van der Waals surface area contributed by atoms with Crippen molar-refractivity contribution >= 4 is 17.4 Å². The second-order valence-electron chi connectivity index (χ2n) is 7.97. The number of alkyl halides is 3. The minimum absolute atomic E-state index is 0.00299. The van der Waals surface area contributed by atoms with Crippen molar-refractivity contribution in [3.63, 3.8) is 0 Å². The maximum absolute atomic E-state index is 13.4. The molecular formula is C19H15F3N2O4. The molecule has 4 fully saturated rings. The van der Waals surface area contributed by atoms with Gasteiger partial charge in [-0.3, -0.25) is 14.5 Å². The second-order valence-corrected chi connectivity index (χ2v) is 7.97. The van der Waals surface area contributed by atoms with Gasteiger partial charge in [-0.2, -0.15) is 18.4 Å². The Bertz CT molecular complexity index is 971. The third kappa shape index (κ3) is 1.94. The molecular weight excluding hydrogens is 377 g/mol. The van der Waals surface area contributed by atoms with E-state index in [0.29, 0.717) is 6.42 Å². The van der Waals surface area contributed by atoms with Gasteiger partial charge in [-0.1, -0.05) is 0 Å². The number of carbonyl (C=O) groups excluding carboxylic acids is 2. The number of rotatable bonds is 1. The molecule has 4 aliphatic rings. The number of ether oxygens (including phenoxy) is 2. The largest absolute Gasteiger partial charge is 0.417 e. The third-order valence-corrected chi connectivity index (χ3v) is 6.49. The summed E-state index contributed by atoms with van der Waals surface area (Å²) in [7, 11) is 0. The normalized spacial score (nSPS) is 38.7. The Morgan fingerprint density at radius 3 is 2.75 bits per heavy atom. The van der Waals surface area contributed by atoms with E-state index in [0.717, 1.165) is 12.1 Å². The number of ketones is 1. The molecule has 1 aromatic rings. The average Bonchev–Trinajstić information content (AvgIpc) is 3.17. The predicted molar refractivity (Wildman–Crippen MR) is 86.8 cm³/mol. The molecule has 0 N–H and O–H groups in total. The lowest BCUT2D eigenvalue weighted by Gasteiger charge is -2.40. The summed E-state index contributed by atoms with van der Waals surface area (Å²) in [5, 5.41) is 8.99. The van der Waals surface area contributed by atoms with Gasteiger partial charge in [-0.05, 0) is 25.1 Å². The van der Waals surface area contributed by atoms with Crippen LogP contribution in [0.2, 0.25) is 0 Å². The molecule has 6 nitrogen and oxygen atoms in total. The van der Waals surface area contributed by atoms with Crippen molar-refractivity contribution in [3.05, 3.63) is 29.3 Å². The van der Waals surface area contributed by atoms with Crippen LogP contribution in [-0.2, 0) is 25.2 Å². The molecule has 1 amide bonds. The Hall–Kier alpha value is -2.44. The zero-order chi connectivity index (χ0) is 20.1. The molecule has 2 bridgehead atoms. The highest BCUT2D eigenvalue weighted by atomic mass is 19.4. The van der Waals surface area contributed by atoms with E-state index in [1.54, 1.807) is 6.92 Å². The van der Waals surface area contributed by atoms with Crippen LogP contribution in [0.1, 0.15) is 30.9 Å². The first-order valence-corrected chi connectivity index (χ1v) is 8.92. The molecule has 0 aliphatic carbocycles. The quantitative estimate of drug-likeness (QED) is 0.733. The van der Waals surface area contributed by atoms with Crippen LogP contribution in [0.25, 0.3) is 0 Å². The van der Waals surface area contributed by atoms with E-state index in [4.69, 9.17) is 14.7 Å². The summed E-state index contributed by atoms with van der Waals surface area (Å²) in [5.74, 6) is -1.69. The zero-order valence-corrected chi connectivity index (χ0v) is 14.7. The van der Waals surface area contributed by atoms with Crippen LogP contribution in [0.15, 0.2) is 18.2 Å². The number of hydrogen-bond donors (Lipinski definition) is 0. The van der Waals surface area contributed by atoms with Gasteiger partial charge in [0.15, 0.2) is 5.78 Å². The van der Waals surface area contributed by atoms with Gasteiger partial charge in [0.25, 0.3) is 0 Å². The summed E-state index contributed by atoms with van der Waals surface area (Å²) in [6.45, 7) is 1.88. The monoisotopic (exact) mass is 392 g/mol. The van der Waals surface area contributed by atoms with E-state index in [1.807, 2.05) is 0 Å². The summed E-state index contributed by atoms with van der Waals surface area (Å²) in [4.78, 5) is 27.1. The summed E-state index contributed by atoms with van der Waals surface area (Å²) >= 11 is 0. The fraction of sp³-hybridized carbons (Fsp3) is 0.526. The maximum atomic E-state index is 13.4. The highest BCUT2D eigenvalue weighted by Gasteiger charge is 2.78. The van der Waals surface area contributed by atoms with Gasteiger partial charge >= 0.3 is 6.18 Å². The molecule has 5 rings (SSSR count). The molecule has 9 heteroatoms. The average molecular weight is 392 g/mol. The van der Waals surface area contributed by atoms with Crippen molar-refractivity contribution in [2.45, 2.75) is 43.4 Å². The smallest absolute Gasteiger partial charge is 0.359 e. The second kappa shape index (κ2) is 5.13. The number of hydrogen-bond acceptors (Lipinski definition) is 5. The number of halogens is 3. The van der Waals surface area contributed by atoms with E-state index in [9.17, 15) is 22.8 Å². The van der Waals surface area contributed by atoms with Crippen molar-refractivity contribution < 1.29 is 32.2 Å². The summed E-state index contributed by atoms with van der Waals surface area (Å²) in [6.07, 6.45) is -5.16. The minimum Gasteiger partial charge on any atom is -0.359 e. The molecule has 1 spiro atoms. The Labute approximate surface area is 157 Å². The number of amides is 1. The Morgan fingerprint density at radius 1 is 1.32 bits per heavy atom. The maximum Gasteiger partial charge on any atom is 0.417 e. The summed E-state index contributed by atoms with van der Waals surface area (Å²) < 4.78 is 52.0. The number of carbonyl (C=O) groups is 2. The van der Waals surface area contributed by atoms with Gasteiger partial charge in [0, 0.05) is 18.5 Å². The highest BCUT2D eigenvalue weighted by Crippen LogP contribution is 2.63. The van der Waals surface area contributed by atoms with Crippen LogP contribution in [0.5, 0.6) is 0 Å². The van der Waals surface area contributed by atoms with Crippen LogP contribution in [-0.4, -0.2) is 35.7 Å². The Kier molecular flexibility index (Phi) is 3.23. The number of benzene rings is 1. The number of Topliss-reactive ketones (excluding diaryl/α,β-unsaturated/α-hetero) is 1. The lowest BCUT2D eigenvalue weighted by molar-refractivity contribution is -0.158. The van der Waals surface area contributed by atoms with Crippen molar-refractivity contribution in [2.24, 2.45) is 11.8 Å². The number of fused-ring (bicyclic) bond motifs is 2. The topological polar surface area (TPSA) is 79.6 Å². The lowest BCUT2D eigenvalue weighted by Crippen LogP contribution is -2.55. The molecule has 4 saturated heterocycles. The molecule has 4 aliphatic heterocycles. The molecule has 28 heavy (non-hydrogen) atoms.